The minimum atomic E-state index is -0.609. The maximum atomic E-state index is 14.8. The molecule has 1 saturated heterocycles. The first-order chi connectivity index (χ1) is 17.5. The second-order valence-corrected chi connectivity index (χ2v) is 8.26. The summed E-state index contributed by atoms with van der Waals surface area (Å²) in [5.74, 6) is -0.147. The maximum absolute atomic E-state index is 14.8. The number of aryl methyl sites for hydroxylation is 1. The number of halogens is 1. The van der Waals surface area contributed by atoms with Crippen molar-refractivity contribution < 1.29 is 18.7 Å². The van der Waals surface area contributed by atoms with Crippen LogP contribution in [0.15, 0.2) is 73.2 Å². The number of benzene rings is 2. The second kappa shape index (κ2) is 10.4. The van der Waals surface area contributed by atoms with Crippen molar-refractivity contribution in [1.29, 1.82) is 0 Å². The van der Waals surface area contributed by atoms with Crippen molar-refractivity contribution in [3.8, 4) is 22.8 Å². The number of morpholine rings is 1. The van der Waals surface area contributed by atoms with Crippen molar-refractivity contribution in [1.82, 2.24) is 14.8 Å². The van der Waals surface area contributed by atoms with Crippen molar-refractivity contribution in [2.45, 2.75) is 0 Å². The van der Waals surface area contributed by atoms with Crippen LogP contribution in [0.2, 0.25) is 0 Å². The van der Waals surface area contributed by atoms with Crippen LogP contribution in [-0.4, -0.2) is 47.1 Å². The number of amides is 2. The minimum absolute atomic E-state index is 0.0301. The lowest BCUT2D eigenvalue weighted by Gasteiger charge is -2.29. The Morgan fingerprint density at radius 2 is 1.86 bits per heavy atom. The molecule has 0 radical (unpaired) electrons. The second-order valence-electron chi connectivity index (χ2n) is 8.26. The van der Waals surface area contributed by atoms with Crippen LogP contribution in [0.4, 0.5) is 26.2 Å². The van der Waals surface area contributed by atoms with E-state index >= 15 is 0 Å². The normalized spacial score (nSPS) is 13.3. The fraction of sp³-hybridized carbons (Fsp3) is 0.192. The van der Waals surface area contributed by atoms with E-state index in [1.807, 2.05) is 31.4 Å². The molecule has 0 saturated carbocycles. The largest absolute Gasteiger partial charge is 0.454 e. The Morgan fingerprint density at radius 1 is 1.06 bits per heavy atom. The molecule has 5 rings (SSSR count). The van der Waals surface area contributed by atoms with Gasteiger partial charge in [0.1, 0.15) is 5.75 Å². The summed E-state index contributed by atoms with van der Waals surface area (Å²) in [6.45, 7) is 2.95. The number of carbonyl (C=O) groups is 1. The summed E-state index contributed by atoms with van der Waals surface area (Å²) in [7, 11) is 1.82. The van der Waals surface area contributed by atoms with Crippen LogP contribution in [0.1, 0.15) is 0 Å². The molecule has 0 unspecified atom stereocenters. The van der Waals surface area contributed by atoms with Gasteiger partial charge in [-0.3, -0.25) is 9.67 Å². The first-order valence-corrected chi connectivity index (χ1v) is 11.5. The number of nitrogens with one attached hydrogen (secondary N) is 2. The summed E-state index contributed by atoms with van der Waals surface area (Å²) in [4.78, 5) is 19.0. The van der Waals surface area contributed by atoms with E-state index in [0.717, 1.165) is 24.3 Å². The molecule has 10 heteroatoms. The number of nitrogens with zero attached hydrogens (tertiary/aromatic N) is 4. The zero-order chi connectivity index (χ0) is 24.9. The van der Waals surface area contributed by atoms with Gasteiger partial charge < -0.3 is 25.0 Å². The highest BCUT2D eigenvalue weighted by Crippen LogP contribution is 2.29. The van der Waals surface area contributed by atoms with Crippen LogP contribution in [-0.2, 0) is 11.8 Å². The van der Waals surface area contributed by atoms with Gasteiger partial charge in [-0.05, 0) is 36.4 Å². The molecule has 4 aromatic rings. The molecular weight excluding hydrogens is 463 g/mol. The van der Waals surface area contributed by atoms with Gasteiger partial charge in [-0.2, -0.15) is 5.10 Å². The average Bonchev–Trinajstić information content (AvgIpc) is 3.33. The molecule has 9 nitrogen and oxygen atoms in total. The summed E-state index contributed by atoms with van der Waals surface area (Å²) in [6, 6.07) is 14.7. The molecule has 2 aromatic carbocycles. The Morgan fingerprint density at radius 3 is 2.61 bits per heavy atom. The van der Waals surface area contributed by atoms with Gasteiger partial charge in [0.2, 0.25) is 0 Å². The monoisotopic (exact) mass is 488 g/mol. The third-order valence-electron chi connectivity index (χ3n) is 5.63. The fourth-order valence-corrected chi connectivity index (χ4v) is 3.87. The average molecular weight is 489 g/mol. The molecule has 0 bridgehead atoms. The molecule has 3 heterocycles. The SMILES string of the molecule is Cn1cc(-c2cc(Oc3ccc(NC(=O)Nc4cccc(N5CCOCC5)c4)cc3F)ccn2)cn1. The Hall–Kier alpha value is -4.44. The van der Waals surface area contributed by atoms with E-state index in [4.69, 9.17) is 9.47 Å². The summed E-state index contributed by atoms with van der Waals surface area (Å²) >= 11 is 0. The van der Waals surface area contributed by atoms with E-state index in [2.05, 4.69) is 25.6 Å². The van der Waals surface area contributed by atoms with Crippen LogP contribution in [0.3, 0.4) is 0 Å². The first-order valence-electron chi connectivity index (χ1n) is 11.5. The van der Waals surface area contributed by atoms with E-state index in [1.54, 1.807) is 41.3 Å². The number of carbonyl (C=O) groups excluding carboxylic acids is 1. The van der Waals surface area contributed by atoms with Crippen LogP contribution >= 0.6 is 0 Å². The Kier molecular flexibility index (Phi) is 6.76. The van der Waals surface area contributed by atoms with Gasteiger partial charge >= 0.3 is 6.03 Å². The van der Waals surface area contributed by atoms with Crippen molar-refractivity contribution in [2.75, 3.05) is 41.8 Å². The first kappa shape index (κ1) is 23.3. The summed E-state index contributed by atoms with van der Waals surface area (Å²) in [5, 5.41) is 9.58. The highest BCUT2D eigenvalue weighted by molar-refractivity contribution is 6.00. The Bertz CT molecular complexity index is 1370. The number of aromatic nitrogens is 3. The maximum Gasteiger partial charge on any atom is 0.323 e. The zero-order valence-electron chi connectivity index (χ0n) is 19.6. The smallest absolute Gasteiger partial charge is 0.323 e. The topological polar surface area (TPSA) is 93.5 Å². The number of hydrogen-bond donors (Lipinski definition) is 2. The van der Waals surface area contributed by atoms with Gasteiger partial charge in [0.25, 0.3) is 0 Å². The van der Waals surface area contributed by atoms with Crippen LogP contribution in [0, 0.1) is 5.82 Å². The standard InChI is InChI=1S/C26H25FN6O3/c1-32-17-18(16-29-32)24-15-22(7-8-28-24)36-25-6-5-20(14-23(25)27)31-26(34)30-19-3-2-4-21(13-19)33-9-11-35-12-10-33/h2-8,13-17H,9-12H2,1H3,(H2,30,31,34). The quantitative estimate of drug-likeness (QED) is 0.401. The van der Waals surface area contributed by atoms with E-state index in [9.17, 15) is 9.18 Å². The third kappa shape index (κ3) is 5.61. The summed E-state index contributed by atoms with van der Waals surface area (Å²) < 4.78 is 27.5. The molecule has 2 N–H and O–H groups in total. The molecule has 2 amide bonds. The molecule has 0 spiro atoms. The number of pyridine rings is 1. The molecule has 1 aliphatic rings. The van der Waals surface area contributed by atoms with Gasteiger partial charge in [0.15, 0.2) is 11.6 Å². The van der Waals surface area contributed by atoms with Crippen molar-refractivity contribution >= 4 is 23.1 Å². The predicted molar refractivity (Wildman–Crippen MR) is 135 cm³/mol. The van der Waals surface area contributed by atoms with Gasteiger partial charge in [-0.1, -0.05) is 6.07 Å². The van der Waals surface area contributed by atoms with Gasteiger partial charge in [-0.25, -0.2) is 9.18 Å². The lowest BCUT2D eigenvalue weighted by Crippen LogP contribution is -2.36. The molecule has 36 heavy (non-hydrogen) atoms. The van der Waals surface area contributed by atoms with Crippen LogP contribution in [0.25, 0.3) is 11.3 Å². The van der Waals surface area contributed by atoms with Gasteiger partial charge in [0, 0.05) is 67.3 Å². The van der Waals surface area contributed by atoms with Crippen molar-refractivity contribution in [3.05, 3.63) is 79.0 Å². The van der Waals surface area contributed by atoms with E-state index in [-0.39, 0.29) is 5.75 Å². The predicted octanol–water partition coefficient (Wildman–Crippen LogP) is 4.89. The number of anilines is 3. The highest BCUT2D eigenvalue weighted by Gasteiger charge is 2.13. The lowest BCUT2D eigenvalue weighted by molar-refractivity contribution is 0.122. The molecule has 0 aliphatic carbocycles. The molecule has 184 valence electrons. The number of ether oxygens (including phenoxy) is 2. The van der Waals surface area contributed by atoms with Crippen LogP contribution in [0.5, 0.6) is 11.5 Å². The van der Waals surface area contributed by atoms with Gasteiger partial charge in [0.05, 0.1) is 25.1 Å². The molecular formula is C26H25FN6O3. The molecule has 2 aromatic heterocycles. The summed E-state index contributed by atoms with van der Waals surface area (Å²) in [6.07, 6.45) is 5.11. The molecule has 0 atom stereocenters. The fourth-order valence-electron chi connectivity index (χ4n) is 3.87. The number of hydrogen-bond acceptors (Lipinski definition) is 6. The Labute approximate surface area is 207 Å². The van der Waals surface area contributed by atoms with E-state index in [0.29, 0.717) is 36.0 Å². The minimum Gasteiger partial charge on any atom is -0.454 e. The van der Waals surface area contributed by atoms with Crippen molar-refractivity contribution in [3.63, 3.8) is 0 Å². The number of urea groups is 1. The Balaban J connectivity index is 1.22. The molecule has 1 fully saturated rings. The lowest BCUT2D eigenvalue weighted by atomic mass is 10.2. The zero-order valence-corrected chi connectivity index (χ0v) is 19.6. The van der Waals surface area contributed by atoms with Gasteiger partial charge in [-0.15, -0.1) is 0 Å². The third-order valence-corrected chi connectivity index (χ3v) is 5.63. The number of rotatable bonds is 6. The highest BCUT2D eigenvalue weighted by atomic mass is 19.1. The summed E-state index contributed by atoms with van der Waals surface area (Å²) in [5.41, 5.74) is 3.43. The molecule has 1 aliphatic heterocycles. The van der Waals surface area contributed by atoms with E-state index < -0.39 is 11.8 Å². The van der Waals surface area contributed by atoms with Crippen molar-refractivity contribution in [2.24, 2.45) is 7.05 Å². The van der Waals surface area contributed by atoms with Crippen LogP contribution < -0.4 is 20.3 Å². The van der Waals surface area contributed by atoms with E-state index in [1.165, 1.54) is 12.1 Å².